The summed E-state index contributed by atoms with van der Waals surface area (Å²) in [5.74, 6) is 1.13. The number of fused-ring (bicyclic) bond motifs is 6. The van der Waals surface area contributed by atoms with Gasteiger partial charge >= 0.3 is 0 Å². The topological polar surface area (TPSA) is 32.8 Å². The second kappa shape index (κ2) is 20.9. The Morgan fingerprint density at radius 2 is 0.619 bits per heavy atom. The molecule has 14 aromatic rings. The maximum Gasteiger partial charge on any atom is 0.159 e. The molecule has 84 heavy (non-hydrogen) atoms. The van der Waals surface area contributed by atoms with Crippen molar-refractivity contribution in [3.05, 3.63) is 240 Å². The Morgan fingerprint density at radius 1 is 0.286 bits per heavy atom. The average molecular weight is 1090 g/mol. The number of hydrogen-bond acceptors (Lipinski definition) is 4. The fourth-order valence-electron chi connectivity index (χ4n) is 13.8. The molecule has 0 atom stereocenters. The van der Waals surface area contributed by atoms with Crippen molar-refractivity contribution < 1.29 is 8.83 Å². The summed E-state index contributed by atoms with van der Waals surface area (Å²) in [6, 6.07) is 77.3. The van der Waals surface area contributed by atoms with Gasteiger partial charge in [-0.15, -0.1) is 0 Å². The highest BCUT2D eigenvalue weighted by Gasteiger charge is 2.30. The van der Waals surface area contributed by atoms with Crippen LogP contribution in [-0.2, 0) is 12.8 Å². The van der Waals surface area contributed by atoms with E-state index in [4.69, 9.17) is 8.83 Å². The molecule has 2 heterocycles. The van der Waals surface area contributed by atoms with Crippen molar-refractivity contribution in [3.63, 3.8) is 0 Å². The van der Waals surface area contributed by atoms with E-state index in [9.17, 15) is 0 Å². The third-order valence-electron chi connectivity index (χ3n) is 18.1. The zero-order valence-corrected chi connectivity index (χ0v) is 50.1. The van der Waals surface area contributed by atoms with Gasteiger partial charge < -0.3 is 18.6 Å². The molecular weight excluding hydrogens is 1020 g/mol. The number of anilines is 6. The number of nitrogens with zero attached hydrogens (tertiary/aromatic N) is 2. The van der Waals surface area contributed by atoms with Gasteiger partial charge in [-0.3, -0.25) is 0 Å². The van der Waals surface area contributed by atoms with Gasteiger partial charge in [-0.2, -0.15) is 0 Å². The quantitative estimate of drug-likeness (QED) is 0.102. The lowest BCUT2D eigenvalue weighted by Crippen LogP contribution is -2.13. The van der Waals surface area contributed by atoms with E-state index in [0.29, 0.717) is 11.8 Å². The Labute approximate surface area is 493 Å². The fraction of sp³-hybridized carbons (Fsp3) is 0.200. The van der Waals surface area contributed by atoms with Gasteiger partial charge in [0.1, 0.15) is 11.2 Å². The van der Waals surface area contributed by atoms with Crippen molar-refractivity contribution in [1.82, 2.24) is 0 Å². The molecule has 4 heteroatoms. The third kappa shape index (κ3) is 8.47. The lowest BCUT2D eigenvalue weighted by molar-refractivity contribution is 0.669. The molecule has 0 aliphatic heterocycles. The summed E-state index contributed by atoms with van der Waals surface area (Å²) >= 11 is 0. The minimum Gasteiger partial charge on any atom is -0.453 e. The molecule has 0 saturated heterocycles. The van der Waals surface area contributed by atoms with E-state index >= 15 is 0 Å². The van der Waals surface area contributed by atoms with Gasteiger partial charge in [0.25, 0.3) is 0 Å². The van der Waals surface area contributed by atoms with Gasteiger partial charge in [0.2, 0.25) is 0 Å². The normalized spacial score (nSPS) is 12.2. The van der Waals surface area contributed by atoms with Crippen LogP contribution in [0.25, 0.3) is 98.4 Å². The van der Waals surface area contributed by atoms with Gasteiger partial charge in [0, 0.05) is 54.8 Å². The molecule has 0 amide bonds. The number of rotatable bonds is 14. The van der Waals surface area contributed by atoms with Crippen molar-refractivity contribution in [1.29, 1.82) is 0 Å². The predicted octanol–water partition coefficient (Wildman–Crippen LogP) is 24.3. The largest absolute Gasteiger partial charge is 0.453 e. The van der Waals surface area contributed by atoms with Crippen LogP contribution in [0, 0.1) is 0 Å². The molecule has 12 aromatic carbocycles. The monoisotopic (exact) mass is 1090 g/mol. The molecule has 4 nitrogen and oxygen atoms in total. The lowest BCUT2D eigenvalue weighted by Gasteiger charge is -2.31. The highest BCUT2D eigenvalue weighted by atomic mass is 16.3. The molecule has 0 spiro atoms. The van der Waals surface area contributed by atoms with Crippen LogP contribution in [0.2, 0.25) is 0 Å². The zero-order valence-electron chi connectivity index (χ0n) is 50.1. The summed E-state index contributed by atoms with van der Waals surface area (Å²) in [5.41, 5.74) is 22.4. The minimum atomic E-state index is 0.212. The lowest BCUT2D eigenvalue weighted by atomic mass is 9.84. The average Bonchev–Trinajstić information content (AvgIpc) is 1.39. The molecule has 0 radical (unpaired) electrons. The zero-order chi connectivity index (χ0) is 57.7. The van der Waals surface area contributed by atoms with Crippen LogP contribution in [0.3, 0.4) is 0 Å². The van der Waals surface area contributed by atoms with Gasteiger partial charge in [-0.1, -0.05) is 227 Å². The standard InChI is InChI=1S/C80H72N2O2/c1-11-51-33-37-53(38-34-51)81(71-31-19-29-65-63-27-17-25-61(77(63)83-79(65)71)57-23-15-13-21-55(57)47(3)4)73-45-69(49(7)8)59-42-44-68-74(46-70(50(9)10)60-41-43-67(73)75(59)76(60)68)82(54-39-35-52(12-2)36-40-54)72-32-20-30-66-64-28-18-26-62(78(64)84-80(66)72)58-24-16-14-22-56(58)48(5)6/h13-50H,11-12H2,1-10H3. The van der Waals surface area contributed by atoms with Crippen LogP contribution in [0.4, 0.5) is 34.1 Å². The van der Waals surface area contributed by atoms with Gasteiger partial charge in [-0.05, 0) is 151 Å². The number of hydrogen-bond donors (Lipinski definition) is 0. The van der Waals surface area contributed by atoms with Gasteiger partial charge in [0.15, 0.2) is 11.2 Å². The van der Waals surface area contributed by atoms with Gasteiger partial charge in [0.05, 0.1) is 22.7 Å². The van der Waals surface area contributed by atoms with Gasteiger partial charge in [-0.25, -0.2) is 0 Å². The summed E-state index contributed by atoms with van der Waals surface area (Å²) in [5, 5.41) is 11.9. The first-order chi connectivity index (χ1) is 40.9. The van der Waals surface area contributed by atoms with Crippen LogP contribution >= 0.6 is 0 Å². The maximum atomic E-state index is 7.40. The number of aryl methyl sites for hydroxylation is 2. The molecular formula is C80H72N2O2. The second-order valence-electron chi connectivity index (χ2n) is 24.4. The molecule has 0 aliphatic carbocycles. The van der Waals surface area contributed by atoms with E-state index in [-0.39, 0.29) is 11.8 Å². The van der Waals surface area contributed by atoms with Crippen molar-refractivity contribution in [2.75, 3.05) is 9.80 Å². The molecule has 2 aromatic heterocycles. The van der Waals surface area contributed by atoms with E-state index in [0.717, 1.165) is 102 Å². The van der Waals surface area contributed by atoms with E-state index in [1.807, 2.05) is 0 Å². The highest BCUT2D eigenvalue weighted by Crippen LogP contribution is 2.54. The first kappa shape index (κ1) is 52.9. The Kier molecular flexibility index (Phi) is 13.2. The molecule has 0 fully saturated rings. The summed E-state index contributed by atoms with van der Waals surface area (Å²) in [7, 11) is 0. The Morgan fingerprint density at radius 3 is 0.988 bits per heavy atom. The van der Waals surface area contributed by atoms with Crippen LogP contribution in [0.15, 0.2) is 215 Å². The molecule has 0 aliphatic rings. The SMILES string of the molecule is CCc1ccc(N(c2cc(C(C)C)c3ccc4c(N(c5ccc(CC)cc5)c5cccc6c5oc5c(-c7ccccc7C(C)C)cccc56)cc(C(C)C)c5ccc2c3c54)c2cccc3c2oc2c(-c4ccccc4C(C)C)cccc23)cc1. The van der Waals surface area contributed by atoms with Crippen LogP contribution in [0.5, 0.6) is 0 Å². The minimum absolute atomic E-state index is 0.212. The van der Waals surface area contributed by atoms with Crippen LogP contribution in [-0.4, -0.2) is 0 Å². The summed E-state index contributed by atoms with van der Waals surface area (Å²) < 4.78 is 14.8. The molecule has 0 N–H and O–H groups in total. The highest BCUT2D eigenvalue weighted by molar-refractivity contribution is 6.30. The first-order valence-corrected chi connectivity index (χ1v) is 30.6. The van der Waals surface area contributed by atoms with E-state index in [1.54, 1.807) is 0 Å². The Bertz CT molecular complexity index is 4510. The van der Waals surface area contributed by atoms with Crippen molar-refractivity contribution >= 4 is 110 Å². The van der Waals surface area contributed by atoms with Crippen molar-refractivity contribution in [3.8, 4) is 22.3 Å². The third-order valence-corrected chi connectivity index (χ3v) is 18.1. The van der Waals surface area contributed by atoms with E-state index < -0.39 is 0 Å². The van der Waals surface area contributed by atoms with E-state index in [2.05, 4.69) is 285 Å². The first-order valence-electron chi connectivity index (χ1n) is 30.6. The molecule has 414 valence electrons. The Balaban J connectivity index is 1.06. The smallest absolute Gasteiger partial charge is 0.159 e. The molecule has 0 bridgehead atoms. The summed E-state index contributed by atoms with van der Waals surface area (Å²) in [4.78, 5) is 4.98. The number of para-hydroxylation sites is 4. The molecule has 14 rings (SSSR count). The second-order valence-corrected chi connectivity index (χ2v) is 24.4. The Hall–Kier alpha value is -9.12. The molecule has 0 saturated carbocycles. The fourth-order valence-corrected chi connectivity index (χ4v) is 13.8. The summed E-state index contributed by atoms with van der Waals surface area (Å²) in [6.07, 6.45) is 1.91. The van der Waals surface area contributed by atoms with Crippen molar-refractivity contribution in [2.24, 2.45) is 0 Å². The van der Waals surface area contributed by atoms with Crippen LogP contribution in [0.1, 0.15) is 126 Å². The van der Waals surface area contributed by atoms with Crippen molar-refractivity contribution in [2.45, 2.75) is 106 Å². The number of benzene rings is 12. The number of furan rings is 2. The molecule has 0 unspecified atom stereocenters. The maximum absolute atomic E-state index is 7.40. The predicted molar refractivity (Wildman–Crippen MR) is 360 cm³/mol. The van der Waals surface area contributed by atoms with E-state index in [1.165, 1.54) is 76.8 Å². The summed E-state index contributed by atoms with van der Waals surface area (Å²) in [6.45, 7) is 23.0. The van der Waals surface area contributed by atoms with Crippen LogP contribution < -0.4 is 9.80 Å².